The van der Waals surface area contributed by atoms with E-state index in [4.69, 9.17) is 9.84 Å². The Labute approximate surface area is 116 Å². The Morgan fingerprint density at radius 3 is 2.50 bits per heavy atom. The first-order valence-corrected chi connectivity index (χ1v) is 7.60. The minimum Gasteiger partial charge on any atom is -0.480 e. The van der Waals surface area contributed by atoms with E-state index in [2.05, 4.69) is 5.32 Å². The number of carboxylic acids is 1. The standard InChI is InChI=1S/C12H15NO6S/c1-8(20(2,17)18)12(16)13-9-5-3-4-6-10(9)19-7-11(14)15/h3-6,8H,7H2,1-2H3,(H,13,16)(H,14,15). The first kappa shape index (κ1) is 16.0. The van der Waals surface area contributed by atoms with E-state index in [0.717, 1.165) is 6.26 Å². The Bertz CT molecular complexity index is 610. The maximum absolute atomic E-state index is 11.8. The number of hydrogen-bond acceptors (Lipinski definition) is 5. The van der Waals surface area contributed by atoms with Crippen LogP contribution >= 0.6 is 0 Å². The van der Waals surface area contributed by atoms with Crippen molar-refractivity contribution in [1.29, 1.82) is 0 Å². The number of amides is 1. The normalized spacial score (nSPS) is 12.5. The summed E-state index contributed by atoms with van der Waals surface area (Å²) in [5, 5.41) is 9.74. The lowest BCUT2D eigenvalue weighted by Crippen LogP contribution is -2.32. The smallest absolute Gasteiger partial charge is 0.341 e. The van der Waals surface area contributed by atoms with Crippen LogP contribution in [0.3, 0.4) is 0 Å². The van der Waals surface area contributed by atoms with Crippen LogP contribution in [0, 0.1) is 0 Å². The Morgan fingerprint density at radius 1 is 1.35 bits per heavy atom. The number of hydrogen-bond donors (Lipinski definition) is 2. The van der Waals surface area contributed by atoms with Gasteiger partial charge in [0.15, 0.2) is 16.4 Å². The summed E-state index contributed by atoms with van der Waals surface area (Å²) in [7, 11) is -3.51. The summed E-state index contributed by atoms with van der Waals surface area (Å²) in [5.41, 5.74) is 0.217. The predicted molar refractivity (Wildman–Crippen MR) is 72.5 cm³/mol. The van der Waals surface area contributed by atoms with E-state index in [9.17, 15) is 18.0 Å². The van der Waals surface area contributed by atoms with Gasteiger partial charge in [-0.25, -0.2) is 13.2 Å². The first-order valence-electron chi connectivity index (χ1n) is 5.65. The van der Waals surface area contributed by atoms with Gasteiger partial charge in [-0.15, -0.1) is 0 Å². The van der Waals surface area contributed by atoms with Gasteiger partial charge in [0, 0.05) is 6.26 Å². The lowest BCUT2D eigenvalue weighted by atomic mass is 10.3. The molecule has 110 valence electrons. The fourth-order valence-electron chi connectivity index (χ4n) is 1.26. The van der Waals surface area contributed by atoms with Gasteiger partial charge in [0.05, 0.1) is 5.69 Å². The maximum atomic E-state index is 11.8. The number of rotatable bonds is 6. The van der Waals surface area contributed by atoms with Crippen LogP contribution < -0.4 is 10.1 Å². The van der Waals surface area contributed by atoms with Crippen molar-refractivity contribution in [3.05, 3.63) is 24.3 Å². The second kappa shape index (κ2) is 6.38. The highest BCUT2D eigenvalue weighted by Gasteiger charge is 2.24. The molecule has 0 saturated heterocycles. The van der Waals surface area contributed by atoms with Crippen molar-refractivity contribution in [2.45, 2.75) is 12.2 Å². The number of anilines is 1. The Hall–Kier alpha value is -2.09. The lowest BCUT2D eigenvalue weighted by molar-refractivity contribution is -0.139. The van der Waals surface area contributed by atoms with Gasteiger partial charge < -0.3 is 15.2 Å². The highest BCUT2D eigenvalue weighted by Crippen LogP contribution is 2.24. The van der Waals surface area contributed by atoms with Gasteiger partial charge in [-0.3, -0.25) is 4.79 Å². The van der Waals surface area contributed by atoms with Gasteiger partial charge in [-0.2, -0.15) is 0 Å². The van der Waals surface area contributed by atoms with Gasteiger partial charge in [-0.1, -0.05) is 12.1 Å². The molecule has 0 radical (unpaired) electrons. The number of carboxylic acid groups (broad SMARTS) is 1. The topological polar surface area (TPSA) is 110 Å². The van der Waals surface area contributed by atoms with Crippen LogP contribution in [-0.2, 0) is 19.4 Å². The Balaban J connectivity index is 2.87. The summed E-state index contributed by atoms with van der Waals surface area (Å²) in [6.07, 6.45) is 0.962. The van der Waals surface area contributed by atoms with E-state index in [1.165, 1.54) is 19.1 Å². The molecule has 0 aliphatic heterocycles. The van der Waals surface area contributed by atoms with Crippen molar-refractivity contribution in [2.24, 2.45) is 0 Å². The van der Waals surface area contributed by atoms with Crippen LogP contribution in [0.1, 0.15) is 6.92 Å². The summed E-state index contributed by atoms with van der Waals surface area (Å²) in [4.78, 5) is 22.2. The molecule has 0 spiro atoms. The molecule has 0 aromatic heterocycles. The van der Waals surface area contributed by atoms with E-state index in [0.29, 0.717) is 0 Å². The fourth-order valence-corrected chi connectivity index (χ4v) is 1.71. The van der Waals surface area contributed by atoms with Crippen molar-refractivity contribution in [2.75, 3.05) is 18.2 Å². The summed E-state index contributed by atoms with van der Waals surface area (Å²) in [6.45, 7) is 0.708. The number of para-hydroxylation sites is 2. The van der Waals surface area contributed by atoms with Gasteiger partial charge in [0.1, 0.15) is 11.0 Å². The van der Waals surface area contributed by atoms with Crippen molar-refractivity contribution in [3.8, 4) is 5.75 Å². The zero-order valence-corrected chi connectivity index (χ0v) is 11.8. The van der Waals surface area contributed by atoms with Crippen LogP contribution in [0.25, 0.3) is 0 Å². The van der Waals surface area contributed by atoms with E-state index in [1.807, 2.05) is 0 Å². The molecule has 1 rings (SSSR count). The van der Waals surface area contributed by atoms with Crippen LogP contribution in [0.2, 0.25) is 0 Å². The second-order valence-electron chi connectivity index (χ2n) is 4.14. The van der Waals surface area contributed by atoms with Crippen LogP contribution in [-0.4, -0.2) is 43.5 Å². The number of nitrogens with one attached hydrogen (secondary N) is 1. The van der Waals surface area contributed by atoms with Gasteiger partial charge >= 0.3 is 5.97 Å². The molecule has 1 atom stereocenters. The molecular formula is C12H15NO6S. The number of benzene rings is 1. The molecule has 1 amide bonds. The largest absolute Gasteiger partial charge is 0.480 e. The molecule has 0 fully saturated rings. The van der Waals surface area contributed by atoms with E-state index < -0.39 is 33.6 Å². The van der Waals surface area contributed by atoms with Crippen molar-refractivity contribution in [1.82, 2.24) is 0 Å². The SMILES string of the molecule is CC(C(=O)Nc1ccccc1OCC(=O)O)S(C)(=O)=O. The molecule has 0 bridgehead atoms. The summed E-state index contributed by atoms with van der Waals surface area (Å²) < 4.78 is 27.6. The maximum Gasteiger partial charge on any atom is 0.341 e. The third-order valence-electron chi connectivity index (χ3n) is 2.51. The molecule has 0 saturated carbocycles. The summed E-state index contributed by atoms with van der Waals surface area (Å²) >= 11 is 0. The highest BCUT2D eigenvalue weighted by molar-refractivity contribution is 7.92. The van der Waals surface area contributed by atoms with Crippen LogP contribution in [0.5, 0.6) is 5.75 Å². The average Bonchev–Trinajstić information content (AvgIpc) is 2.35. The van der Waals surface area contributed by atoms with Crippen molar-refractivity contribution >= 4 is 27.4 Å². The molecule has 1 aromatic carbocycles. The lowest BCUT2D eigenvalue weighted by Gasteiger charge is -2.13. The van der Waals surface area contributed by atoms with E-state index in [1.54, 1.807) is 12.1 Å². The molecule has 0 heterocycles. The summed E-state index contributed by atoms with van der Waals surface area (Å²) in [6, 6.07) is 6.18. The average molecular weight is 301 g/mol. The minimum atomic E-state index is -3.51. The third kappa shape index (κ3) is 4.54. The highest BCUT2D eigenvalue weighted by atomic mass is 32.2. The molecule has 2 N–H and O–H groups in total. The molecule has 7 nitrogen and oxygen atoms in total. The van der Waals surface area contributed by atoms with Crippen LogP contribution in [0.4, 0.5) is 5.69 Å². The minimum absolute atomic E-state index is 0.156. The number of carbonyl (C=O) groups is 2. The summed E-state index contributed by atoms with van der Waals surface area (Å²) in [5.74, 6) is -1.71. The van der Waals surface area contributed by atoms with Gasteiger partial charge in [0.25, 0.3) is 0 Å². The molecule has 1 aromatic rings. The quantitative estimate of drug-likeness (QED) is 0.792. The molecule has 8 heteroatoms. The van der Waals surface area contributed by atoms with Gasteiger partial charge in [-0.05, 0) is 19.1 Å². The molecule has 0 aliphatic carbocycles. The monoisotopic (exact) mass is 301 g/mol. The number of sulfone groups is 1. The number of ether oxygens (including phenoxy) is 1. The molecular weight excluding hydrogens is 286 g/mol. The Morgan fingerprint density at radius 2 is 1.95 bits per heavy atom. The third-order valence-corrected chi connectivity index (χ3v) is 4.01. The Kier molecular flexibility index (Phi) is 5.09. The molecule has 0 aliphatic rings. The van der Waals surface area contributed by atoms with Crippen molar-refractivity contribution < 1.29 is 27.9 Å². The van der Waals surface area contributed by atoms with Crippen molar-refractivity contribution in [3.63, 3.8) is 0 Å². The first-order chi connectivity index (χ1) is 9.21. The van der Waals surface area contributed by atoms with E-state index >= 15 is 0 Å². The second-order valence-corrected chi connectivity index (χ2v) is 6.51. The van der Waals surface area contributed by atoms with Gasteiger partial charge in [0.2, 0.25) is 5.91 Å². The molecule has 1 unspecified atom stereocenters. The molecule has 20 heavy (non-hydrogen) atoms. The number of aliphatic carboxylic acids is 1. The zero-order chi connectivity index (χ0) is 15.3. The van der Waals surface area contributed by atoms with E-state index in [-0.39, 0.29) is 11.4 Å². The predicted octanol–water partition coefficient (Wildman–Crippen LogP) is 0.522. The fraction of sp³-hybridized carbons (Fsp3) is 0.333. The zero-order valence-electron chi connectivity index (χ0n) is 11.0. The number of carbonyl (C=O) groups excluding carboxylic acids is 1. The van der Waals surface area contributed by atoms with Crippen LogP contribution in [0.15, 0.2) is 24.3 Å².